The molecule has 10 nitrogen and oxygen atoms in total. The molecule has 0 atom stereocenters. The number of carbonyl (C=O) groups excluding carboxylic acids is 2. The van der Waals surface area contributed by atoms with Gasteiger partial charge in [-0.1, -0.05) is 11.2 Å². The van der Waals surface area contributed by atoms with Gasteiger partial charge in [0.05, 0.1) is 0 Å². The Balaban J connectivity index is -0.000000133. The van der Waals surface area contributed by atoms with Crippen LogP contribution in [0.3, 0.4) is 0 Å². The number of carbonyl (C=O) groups is 2. The zero-order valence-corrected chi connectivity index (χ0v) is 23.1. The van der Waals surface area contributed by atoms with Gasteiger partial charge in [-0.2, -0.15) is 9.81 Å². The minimum absolute atomic E-state index is 0. The van der Waals surface area contributed by atoms with E-state index in [4.69, 9.17) is 24.4 Å². The Morgan fingerprint density at radius 3 is 1.44 bits per heavy atom. The minimum Gasteiger partial charge on any atom is -0.460 e. The molecule has 15 heteroatoms. The molecule has 0 aliphatic rings. The second kappa shape index (κ2) is 23.7. The van der Waals surface area contributed by atoms with Crippen molar-refractivity contribution in [1.29, 1.82) is 11.2 Å². The standard InChI is InChI=1S/C9H17BF3O3.C8H16O3.K.2HNO/c1-9(2,3)16-8(14)5-4-6-15-7-10(11,12)13;1-8(2,3)11-7(10)5-4-6-9;;2*1-2/h4-7H2,1-3H3;9H,4-6H2,1-3H3;;2*1H/q-1;;+1;;. The molecular weight excluding hydrogens is 467 g/mol. The van der Waals surface area contributed by atoms with Crippen LogP contribution >= 0.6 is 0 Å². The summed E-state index contributed by atoms with van der Waals surface area (Å²) in [5.41, 5.74) is 8.03. The van der Waals surface area contributed by atoms with Gasteiger partial charge in [-0.15, -0.1) is 0 Å². The zero-order valence-electron chi connectivity index (χ0n) is 20.0. The third-order valence-electron chi connectivity index (χ3n) is 2.36. The summed E-state index contributed by atoms with van der Waals surface area (Å²) in [6.45, 7) is 4.51. The van der Waals surface area contributed by atoms with E-state index in [0.717, 1.165) is 0 Å². The average Bonchev–Trinajstić information content (AvgIpc) is 2.60. The molecule has 186 valence electrons. The molecule has 0 aromatic rings. The monoisotopic (exact) mass is 502 g/mol. The van der Waals surface area contributed by atoms with Gasteiger partial charge in [-0.3, -0.25) is 9.59 Å². The summed E-state index contributed by atoms with van der Waals surface area (Å²) < 4.78 is 49.5. The van der Waals surface area contributed by atoms with Crippen molar-refractivity contribution in [2.45, 2.75) is 78.4 Å². The quantitative estimate of drug-likeness (QED) is 0.184. The first kappa shape index (κ1) is 41.8. The molecule has 0 aromatic heterocycles. The molecule has 0 aromatic carbocycles. The first-order chi connectivity index (χ1) is 14.1. The van der Waals surface area contributed by atoms with Crippen molar-refractivity contribution in [3.05, 3.63) is 9.81 Å². The van der Waals surface area contributed by atoms with E-state index in [2.05, 4.69) is 15.9 Å². The predicted molar refractivity (Wildman–Crippen MR) is 109 cm³/mol. The number of halogens is 3. The zero-order chi connectivity index (χ0) is 25.7. The van der Waals surface area contributed by atoms with Gasteiger partial charge in [0.2, 0.25) is 0 Å². The van der Waals surface area contributed by atoms with Crippen LogP contribution in [0.5, 0.6) is 0 Å². The maximum Gasteiger partial charge on any atom is 1.00 e. The number of ether oxygens (including phenoxy) is 3. The van der Waals surface area contributed by atoms with E-state index < -0.39 is 30.7 Å². The molecule has 0 aliphatic carbocycles. The van der Waals surface area contributed by atoms with Crippen molar-refractivity contribution in [1.82, 2.24) is 0 Å². The molecule has 0 rings (SSSR count). The summed E-state index contributed by atoms with van der Waals surface area (Å²) in [5, 5.41) is 8.41. The number of nitrogens with one attached hydrogen (secondary N) is 2. The molecule has 0 bridgehead atoms. The third-order valence-corrected chi connectivity index (χ3v) is 2.36. The topological polar surface area (TPSA) is 164 Å². The van der Waals surface area contributed by atoms with Crippen LogP contribution in [-0.2, 0) is 23.8 Å². The van der Waals surface area contributed by atoms with Gasteiger partial charge < -0.3 is 32.3 Å². The molecule has 0 saturated carbocycles. The van der Waals surface area contributed by atoms with E-state index in [0.29, 0.717) is 12.8 Å². The van der Waals surface area contributed by atoms with E-state index >= 15 is 0 Å². The fourth-order valence-electron chi connectivity index (χ4n) is 1.54. The molecule has 0 spiro atoms. The SMILES string of the molecule is CC(C)(C)OC(=O)CCCO.CC(C)(C)OC(=O)CCCOC[B-](F)(F)F.N=O.N=O.[K+]. The summed E-state index contributed by atoms with van der Waals surface area (Å²) >= 11 is 0. The second-order valence-electron chi connectivity index (χ2n) is 7.89. The summed E-state index contributed by atoms with van der Waals surface area (Å²) in [4.78, 5) is 37.0. The first-order valence-electron chi connectivity index (χ1n) is 9.30. The largest absolute Gasteiger partial charge is 1.00 e. The van der Waals surface area contributed by atoms with Crippen molar-refractivity contribution in [2.75, 3.05) is 19.7 Å². The summed E-state index contributed by atoms with van der Waals surface area (Å²) in [6.07, 6.45) is 1.09. The fraction of sp³-hybridized carbons (Fsp3) is 0.882. The summed E-state index contributed by atoms with van der Waals surface area (Å²) in [7, 11) is 0. The molecule has 32 heavy (non-hydrogen) atoms. The Bertz CT molecular complexity index is 474. The van der Waals surface area contributed by atoms with Gasteiger partial charge in [-0.25, -0.2) is 0 Å². The van der Waals surface area contributed by atoms with E-state index in [9.17, 15) is 22.5 Å². The first-order valence-corrected chi connectivity index (χ1v) is 9.30. The van der Waals surface area contributed by atoms with Crippen molar-refractivity contribution in [3.8, 4) is 0 Å². The molecule has 0 unspecified atom stereocenters. The van der Waals surface area contributed by atoms with Gasteiger partial charge in [0, 0.05) is 32.6 Å². The van der Waals surface area contributed by atoms with Crippen LogP contribution in [0.1, 0.15) is 67.2 Å². The third kappa shape index (κ3) is 47.4. The van der Waals surface area contributed by atoms with E-state index in [1.54, 1.807) is 20.8 Å². The molecule has 3 N–H and O–H groups in total. The van der Waals surface area contributed by atoms with Crippen LogP contribution < -0.4 is 51.4 Å². The van der Waals surface area contributed by atoms with Crippen molar-refractivity contribution >= 4 is 18.9 Å². The number of aliphatic hydroxyl groups excluding tert-OH is 1. The van der Waals surface area contributed by atoms with E-state index in [1.807, 2.05) is 20.8 Å². The van der Waals surface area contributed by atoms with Gasteiger partial charge >= 0.3 is 70.3 Å². The van der Waals surface area contributed by atoms with Gasteiger partial charge in [-0.05, 0) is 54.4 Å². The molecule has 0 fully saturated rings. The second-order valence-corrected chi connectivity index (χ2v) is 7.89. The maximum absolute atomic E-state index is 11.7. The van der Waals surface area contributed by atoms with Crippen LogP contribution in [0.25, 0.3) is 0 Å². The van der Waals surface area contributed by atoms with Gasteiger partial charge in [0.15, 0.2) is 0 Å². The Kier molecular flexibility index (Phi) is 30.9. The van der Waals surface area contributed by atoms with E-state index in [-0.39, 0.29) is 83.4 Å². The number of esters is 2. The van der Waals surface area contributed by atoms with Crippen LogP contribution in [0.15, 0.2) is 0 Å². The van der Waals surface area contributed by atoms with Crippen LogP contribution in [-0.4, -0.2) is 54.9 Å². The van der Waals surface area contributed by atoms with Gasteiger partial charge in [0.1, 0.15) is 11.2 Å². The van der Waals surface area contributed by atoms with Crippen LogP contribution in [0.2, 0.25) is 0 Å². The number of aliphatic hydroxyl groups is 1. The summed E-state index contributed by atoms with van der Waals surface area (Å²) in [6, 6.07) is 0. The maximum atomic E-state index is 11.7. The number of nitroso groups, excluding NO2 is 2. The Labute approximate surface area is 229 Å². The predicted octanol–water partition coefficient (Wildman–Crippen LogP) is 1.28. The molecule has 0 radical (unpaired) electrons. The number of hydrogen-bond donors (Lipinski definition) is 3. The molecule has 0 aliphatic heterocycles. The van der Waals surface area contributed by atoms with Crippen LogP contribution in [0.4, 0.5) is 12.9 Å². The average molecular weight is 502 g/mol. The van der Waals surface area contributed by atoms with Crippen molar-refractivity contribution in [2.24, 2.45) is 0 Å². The normalized spacial score (nSPS) is 10.4. The molecule has 0 heterocycles. The minimum atomic E-state index is -4.90. The van der Waals surface area contributed by atoms with Gasteiger partial charge in [0.25, 0.3) is 0 Å². The number of hydrogen-bond acceptors (Lipinski definition) is 10. The smallest absolute Gasteiger partial charge is 0.460 e. The fourth-order valence-corrected chi connectivity index (χ4v) is 1.54. The molecule has 0 amide bonds. The van der Waals surface area contributed by atoms with Crippen LogP contribution in [0, 0.1) is 21.0 Å². The van der Waals surface area contributed by atoms with E-state index in [1.165, 1.54) is 0 Å². The molecule has 0 saturated heterocycles. The number of rotatable bonds is 9. The Morgan fingerprint density at radius 2 is 1.16 bits per heavy atom. The van der Waals surface area contributed by atoms with Crippen molar-refractivity contribution < 1.29 is 93.2 Å². The molecular formula is C17H35BF3KN2O8. The van der Waals surface area contributed by atoms with Crippen molar-refractivity contribution in [3.63, 3.8) is 0 Å². The Hall–Kier alpha value is -0.449. The summed E-state index contributed by atoms with van der Waals surface area (Å²) in [5.74, 6) is -0.667. The Morgan fingerprint density at radius 1 is 0.812 bits per heavy atom.